The molecule has 0 aromatic rings. The minimum absolute atomic E-state index is 0.853. The van der Waals surface area contributed by atoms with Gasteiger partial charge in [0, 0.05) is 12.3 Å². The molecule has 0 aliphatic heterocycles. The molecule has 0 saturated heterocycles. The Morgan fingerprint density at radius 2 is 2.19 bits per heavy atom. The molecule has 3 unspecified atom stereocenters. The summed E-state index contributed by atoms with van der Waals surface area (Å²) < 4.78 is 0. The third kappa shape index (κ3) is 2.87. The van der Waals surface area contributed by atoms with Gasteiger partial charge in [-0.3, -0.25) is 4.99 Å². The first-order valence-electron chi connectivity index (χ1n) is 7.36. The van der Waals surface area contributed by atoms with Gasteiger partial charge in [0.1, 0.15) is 0 Å². The van der Waals surface area contributed by atoms with Crippen LogP contribution < -0.4 is 0 Å². The molecule has 0 N–H and O–H groups in total. The zero-order valence-electron chi connectivity index (χ0n) is 11.0. The van der Waals surface area contributed by atoms with E-state index in [0.717, 1.165) is 24.3 Å². The number of hydrogen-bond acceptors (Lipinski definition) is 1. The van der Waals surface area contributed by atoms with Crippen molar-refractivity contribution < 1.29 is 0 Å². The first-order chi connectivity index (χ1) is 7.83. The van der Waals surface area contributed by atoms with Crippen molar-refractivity contribution in [1.29, 1.82) is 0 Å². The van der Waals surface area contributed by atoms with Gasteiger partial charge in [0.25, 0.3) is 0 Å². The van der Waals surface area contributed by atoms with E-state index in [1.54, 1.807) is 5.71 Å². The molecular formula is C15H27N. The van der Waals surface area contributed by atoms with E-state index in [1.807, 2.05) is 0 Å². The fraction of sp³-hybridized carbons (Fsp3) is 0.933. The number of unbranched alkanes of at least 4 members (excludes halogenated alkanes) is 1. The van der Waals surface area contributed by atoms with E-state index in [4.69, 9.17) is 4.99 Å². The summed E-state index contributed by atoms with van der Waals surface area (Å²) in [6, 6.07) is 0. The smallest absolute Gasteiger partial charge is 0.0416 e. The zero-order valence-corrected chi connectivity index (χ0v) is 11.0. The summed E-state index contributed by atoms with van der Waals surface area (Å²) in [6.07, 6.45) is 11.1. The van der Waals surface area contributed by atoms with E-state index in [-0.39, 0.29) is 0 Å². The average molecular weight is 221 g/mol. The number of aliphatic imine (C=N–C) groups is 1. The Labute approximate surface area is 101 Å². The number of rotatable bonds is 6. The maximum absolute atomic E-state index is 4.95. The molecule has 0 radical (unpaired) electrons. The van der Waals surface area contributed by atoms with Crippen LogP contribution in [-0.4, -0.2) is 12.3 Å². The van der Waals surface area contributed by atoms with Gasteiger partial charge in [-0.1, -0.05) is 33.1 Å². The minimum Gasteiger partial charge on any atom is -0.294 e. The third-order valence-electron chi connectivity index (χ3n) is 4.61. The van der Waals surface area contributed by atoms with Crippen LogP contribution in [0.5, 0.6) is 0 Å². The van der Waals surface area contributed by atoms with Crippen LogP contribution in [0.15, 0.2) is 4.99 Å². The second kappa shape index (κ2) is 5.84. The van der Waals surface area contributed by atoms with Crippen molar-refractivity contribution >= 4 is 5.71 Å². The van der Waals surface area contributed by atoms with E-state index in [9.17, 15) is 0 Å². The second-order valence-corrected chi connectivity index (χ2v) is 5.83. The maximum atomic E-state index is 4.95. The number of hydrogen-bond donors (Lipinski definition) is 0. The van der Waals surface area contributed by atoms with Crippen LogP contribution in [0.1, 0.15) is 65.2 Å². The molecule has 16 heavy (non-hydrogen) atoms. The molecule has 2 aliphatic rings. The van der Waals surface area contributed by atoms with Gasteiger partial charge >= 0.3 is 0 Å². The average Bonchev–Trinajstić information content (AvgIpc) is 2.91. The predicted octanol–water partition coefficient (Wildman–Crippen LogP) is 4.46. The van der Waals surface area contributed by atoms with Gasteiger partial charge in [0.2, 0.25) is 0 Å². The second-order valence-electron chi connectivity index (χ2n) is 5.83. The van der Waals surface area contributed by atoms with Gasteiger partial charge in [-0.15, -0.1) is 0 Å². The molecule has 2 saturated carbocycles. The Morgan fingerprint density at radius 3 is 2.75 bits per heavy atom. The third-order valence-corrected chi connectivity index (χ3v) is 4.61. The molecule has 1 nitrogen and oxygen atoms in total. The SMILES string of the molecule is CCCCC(CC)CN=C1CC2CCC1C2. The lowest BCUT2D eigenvalue weighted by atomic mass is 9.97. The van der Waals surface area contributed by atoms with Crippen LogP contribution in [0, 0.1) is 17.8 Å². The monoisotopic (exact) mass is 221 g/mol. The molecule has 2 aliphatic carbocycles. The highest BCUT2D eigenvalue weighted by Crippen LogP contribution is 2.42. The molecule has 0 spiro atoms. The molecular weight excluding hydrogens is 194 g/mol. The van der Waals surface area contributed by atoms with E-state index < -0.39 is 0 Å². The van der Waals surface area contributed by atoms with Crippen LogP contribution in [0.4, 0.5) is 0 Å². The van der Waals surface area contributed by atoms with Crippen LogP contribution in [0.3, 0.4) is 0 Å². The Hall–Kier alpha value is -0.330. The fourth-order valence-corrected chi connectivity index (χ4v) is 3.38. The zero-order chi connectivity index (χ0) is 11.4. The molecule has 2 rings (SSSR count). The van der Waals surface area contributed by atoms with Gasteiger partial charge in [0.05, 0.1) is 0 Å². The van der Waals surface area contributed by atoms with Gasteiger partial charge in [-0.2, -0.15) is 0 Å². The summed E-state index contributed by atoms with van der Waals surface area (Å²) in [5.74, 6) is 2.76. The van der Waals surface area contributed by atoms with E-state index >= 15 is 0 Å². The maximum Gasteiger partial charge on any atom is 0.0416 e. The number of fused-ring (bicyclic) bond motifs is 2. The van der Waals surface area contributed by atoms with Gasteiger partial charge in [-0.25, -0.2) is 0 Å². The summed E-state index contributed by atoms with van der Waals surface area (Å²) in [5, 5.41) is 0. The Kier molecular flexibility index (Phi) is 4.43. The topological polar surface area (TPSA) is 12.4 Å². The molecule has 2 fully saturated rings. The van der Waals surface area contributed by atoms with Crippen molar-refractivity contribution in [3.05, 3.63) is 0 Å². The summed E-state index contributed by atoms with van der Waals surface area (Å²) in [7, 11) is 0. The predicted molar refractivity (Wildman–Crippen MR) is 71.1 cm³/mol. The lowest BCUT2D eigenvalue weighted by Crippen LogP contribution is -2.12. The van der Waals surface area contributed by atoms with Crippen molar-refractivity contribution in [3.8, 4) is 0 Å². The highest BCUT2D eigenvalue weighted by atomic mass is 14.8. The van der Waals surface area contributed by atoms with Crippen LogP contribution >= 0.6 is 0 Å². The van der Waals surface area contributed by atoms with Crippen molar-refractivity contribution in [2.24, 2.45) is 22.7 Å². The largest absolute Gasteiger partial charge is 0.294 e. The Morgan fingerprint density at radius 1 is 1.31 bits per heavy atom. The van der Waals surface area contributed by atoms with Crippen molar-refractivity contribution in [2.75, 3.05) is 6.54 Å². The quantitative estimate of drug-likeness (QED) is 0.628. The van der Waals surface area contributed by atoms with Gasteiger partial charge < -0.3 is 0 Å². The van der Waals surface area contributed by atoms with Crippen molar-refractivity contribution in [3.63, 3.8) is 0 Å². The standard InChI is InChI=1S/C15H27N/c1-3-5-6-12(4-2)11-16-15-10-13-7-8-14(15)9-13/h12-14H,3-11H2,1-2H3. The minimum atomic E-state index is 0.853. The number of nitrogens with zero attached hydrogens (tertiary/aromatic N) is 1. The van der Waals surface area contributed by atoms with Crippen molar-refractivity contribution in [2.45, 2.75) is 65.2 Å². The van der Waals surface area contributed by atoms with Gasteiger partial charge in [0.15, 0.2) is 0 Å². The lowest BCUT2D eigenvalue weighted by molar-refractivity contribution is 0.461. The summed E-state index contributed by atoms with van der Waals surface area (Å²) in [5.41, 5.74) is 1.59. The molecule has 2 bridgehead atoms. The fourth-order valence-electron chi connectivity index (χ4n) is 3.38. The van der Waals surface area contributed by atoms with E-state index in [0.29, 0.717) is 0 Å². The summed E-state index contributed by atoms with van der Waals surface area (Å²) in [4.78, 5) is 4.95. The highest BCUT2D eigenvalue weighted by Gasteiger charge is 2.36. The first-order valence-corrected chi connectivity index (χ1v) is 7.36. The van der Waals surface area contributed by atoms with Gasteiger partial charge in [-0.05, 0) is 49.9 Å². The van der Waals surface area contributed by atoms with Crippen LogP contribution in [-0.2, 0) is 0 Å². The molecule has 0 aromatic carbocycles. The molecule has 0 aromatic heterocycles. The normalized spacial score (nSPS) is 32.5. The summed E-state index contributed by atoms with van der Waals surface area (Å²) in [6.45, 7) is 5.73. The molecule has 3 atom stereocenters. The molecule has 0 amide bonds. The summed E-state index contributed by atoms with van der Waals surface area (Å²) >= 11 is 0. The first kappa shape index (κ1) is 12.1. The molecule has 1 heteroatoms. The molecule has 92 valence electrons. The van der Waals surface area contributed by atoms with E-state index in [1.165, 1.54) is 51.4 Å². The molecule has 0 heterocycles. The van der Waals surface area contributed by atoms with E-state index in [2.05, 4.69) is 13.8 Å². The van der Waals surface area contributed by atoms with Crippen LogP contribution in [0.2, 0.25) is 0 Å². The highest BCUT2D eigenvalue weighted by molar-refractivity contribution is 5.89. The van der Waals surface area contributed by atoms with Crippen LogP contribution in [0.25, 0.3) is 0 Å². The van der Waals surface area contributed by atoms with Crippen molar-refractivity contribution in [1.82, 2.24) is 0 Å². The Balaban J connectivity index is 1.78. The Bertz CT molecular complexity index is 244. The lowest BCUT2D eigenvalue weighted by Gasteiger charge is -2.15.